The minimum atomic E-state index is -0.206. The van der Waals surface area contributed by atoms with Crippen LogP contribution in [0, 0.1) is 35.5 Å². The normalized spacial score (nSPS) is 11.5. The number of aromatic nitrogens is 3. The second kappa shape index (κ2) is 10.5. The monoisotopic (exact) mass is 417 g/mol. The van der Waals surface area contributed by atoms with Gasteiger partial charge in [-0.05, 0) is 50.6 Å². The van der Waals surface area contributed by atoms with Gasteiger partial charge in [0.2, 0.25) is 0 Å². The number of hydrogen-bond donors (Lipinski definition) is 0. The van der Waals surface area contributed by atoms with Crippen LogP contribution in [0.1, 0.15) is 25.3 Å². The number of aryl methyl sites for hydroxylation is 1. The third-order valence-electron chi connectivity index (χ3n) is 4.52. The molecule has 0 aliphatic rings. The molecule has 0 bridgehead atoms. The number of hydrogen-bond acceptors (Lipinski definition) is 6. The molecule has 0 radical (unpaired) electrons. The lowest BCUT2D eigenvalue weighted by molar-refractivity contribution is 0.340. The summed E-state index contributed by atoms with van der Waals surface area (Å²) in [5.41, 5.74) is 3.04. The number of rotatable bonds is 9. The Hall–Kier alpha value is -3.29. The van der Waals surface area contributed by atoms with E-state index in [9.17, 15) is 5.26 Å². The maximum absolute atomic E-state index is 9.38. The molecule has 152 valence electrons. The number of ether oxygens (including phenoxy) is 1. The average molecular weight is 418 g/mol. The van der Waals surface area contributed by atoms with Gasteiger partial charge in [-0.25, -0.2) is 0 Å². The third kappa shape index (κ3) is 5.20. The standard InChI is InChI=1S/C23H23N5OS/c1-3-29-21-11-9-20(10-12-21)28-22(19-8-4-6-17(2)14-19)26-27-23(28)30-16-18(15-25)7-5-13-24/h4,6,8-12,14,18H,3,5,7,16H2,1-2H3/t18-/m0/s1. The van der Waals surface area contributed by atoms with E-state index in [0.29, 0.717) is 30.4 Å². The second-order valence-corrected chi connectivity index (χ2v) is 7.76. The van der Waals surface area contributed by atoms with Gasteiger partial charge in [0.1, 0.15) is 5.75 Å². The summed E-state index contributed by atoms with van der Waals surface area (Å²) >= 11 is 1.49. The summed E-state index contributed by atoms with van der Waals surface area (Å²) in [5, 5.41) is 27.8. The van der Waals surface area contributed by atoms with Crippen LogP contribution in [0.4, 0.5) is 0 Å². The molecule has 1 heterocycles. The average Bonchev–Trinajstić information content (AvgIpc) is 3.19. The van der Waals surface area contributed by atoms with Crippen molar-refractivity contribution in [2.24, 2.45) is 5.92 Å². The lowest BCUT2D eigenvalue weighted by atomic mass is 10.1. The first kappa shape index (κ1) is 21.4. The van der Waals surface area contributed by atoms with Gasteiger partial charge in [-0.2, -0.15) is 10.5 Å². The van der Waals surface area contributed by atoms with Crippen LogP contribution in [0.3, 0.4) is 0 Å². The summed E-state index contributed by atoms with van der Waals surface area (Å²) in [6, 6.07) is 20.4. The molecule has 3 aromatic rings. The molecular weight excluding hydrogens is 394 g/mol. The molecule has 0 unspecified atom stereocenters. The van der Waals surface area contributed by atoms with E-state index in [1.165, 1.54) is 11.8 Å². The summed E-state index contributed by atoms with van der Waals surface area (Å²) in [6.45, 7) is 4.61. The largest absolute Gasteiger partial charge is 0.494 e. The molecule has 30 heavy (non-hydrogen) atoms. The van der Waals surface area contributed by atoms with E-state index in [4.69, 9.17) is 10.00 Å². The Kier molecular flexibility index (Phi) is 7.48. The van der Waals surface area contributed by atoms with E-state index in [-0.39, 0.29) is 5.92 Å². The highest BCUT2D eigenvalue weighted by molar-refractivity contribution is 7.99. The Balaban J connectivity index is 1.96. The van der Waals surface area contributed by atoms with Crippen LogP contribution in [0.5, 0.6) is 5.75 Å². The molecule has 1 atom stereocenters. The van der Waals surface area contributed by atoms with Gasteiger partial charge in [0, 0.05) is 23.4 Å². The SMILES string of the molecule is CCOc1ccc(-n2c(SC[C@H](C#N)CCC#N)nnc2-c2cccc(C)c2)cc1. The Morgan fingerprint density at radius 3 is 2.60 bits per heavy atom. The van der Waals surface area contributed by atoms with E-state index >= 15 is 0 Å². The molecule has 0 saturated heterocycles. The van der Waals surface area contributed by atoms with Gasteiger partial charge >= 0.3 is 0 Å². The molecule has 0 N–H and O–H groups in total. The van der Waals surface area contributed by atoms with Crippen LogP contribution < -0.4 is 4.74 Å². The summed E-state index contributed by atoms with van der Waals surface area (Å²) in [6.07, 6.45) is 0.931. The molecule has 0 amide bonds. The molecule has 7 heteroatoms. The lowest BCUT2D eigenvalue weighted by Crippen LogP contribution is -2.04. The maximum Gasteiger partial charge on any atom is 0.196 e. The van der Waals surface area contributed by atoms with E-state index in [1.54, 1.807) is 0 Å². The van der Waals surface area contributed by atoms with Gasteiger partial charge in [-0.3, -0.25) is 4.57 Å². The van der Waals surface area contributed by atoms with E-state index in [1.807, 2.05) is 60.9 Å². The smallest absolute Gasteiger partial charge is 0.196 e. The van der Waals surface area contributed by atoms with Crippen molar-refractivity contribution in [2.75, 3.05) is 12.4 Å². The highest BCUT2D eigenvalue weighted by atomic mass is 32.2. The zero-order chi connectivity index (χ0) is 21.3. The zero-order valence-corrected chi connectivity index (χ0v) is 17.9. The first-order valence-electron chi connectivity index (χ1n) is 9.81. The van der Waals surface area contributed by atoms with Crippen molar-refractivity contribution in [3.63, 3.8) is 0 Å². The molecule has 0 aliphatic heterocycles. The van der Waals surface area contributed by atoms with Crippen molar-refractivity contribution in [3.05, 3.63) is 54.1 Å². The van der Waals surface area contributed by atoms with Crippen LogP contribution >= 0.6 is 11.8 Å². The van der Waals surface area contributed by atoms with Gasteiger partial charge in [0.25, 0.3) is 0 Å². The topological polar surface area (TPSA) is 87.5 Å². The highest BCUT2D eigenvalue weighted by Gasteiger charge is 2.18. The van der Waals surface area contributed by atoms with Gasteiger partial charge < -0.3 is 4.74 Å². The fraction of sp³-hybridized carbons (Fsp3) is 0.304. The van der Waals surface area contributed by atoms with E-state index < -0.39 is 0 Å². The highest BCUT2D eigenvalue weighted by Crippen LogP contribution is 2.30. The van der Waals surface area contributed by atoms with Crippen molar-refractivity contribution in [1.29, 1.82) is 10.5 Å². The van der Waals surface area contributed by atoms with Crippen molar-refractivity contribution >= 4 is 11.8 Å². The van der Waals surface area contributed by atoms with Crippen molar-refractivity contribution in [2.45, 2.75) is 31.8 Å². The number of nitriles is 2. The van der Waals surface area contributed by atoms with Gasteiger partial charge in [0.05, 0.1) is 24.7 Å². The van der Waals surface area contributed by atoms with Crippen molar-refractivity contribution in [1.82, 2.24) is 14.8 Å². The predicted molar refractivity (Wildman–Crippen MR) is 117 cm³/mol. The van der Waals surface area contributed by atoms with Crippen LogP contribution in [0.15, 0.2) is 53.7 Å². The Morgan fingerprint density at radius 1 is 1.13 bits per heavy atom. The van der Waals surface area contributed by atoms with Crippen LogP contribution in [-0.2, 0) is 0 Å². The minimum absolute atomic E-state index is 0.206. The zero-order valence-electron chi connectivity index (χ0n) is 17.1. The molecule has 0 aliphatic carbocycles. The quantitative estimate of drug-likeness (QED) is 0.446. The molecular formula is C23H23N5OS. The minimum Gasteiger partial charge on any atom is -0.494 e. The lowest BCUT2D eigenvalue weighted by Gasteiger charge is -2.12. The molecule has 3 rings (SSSR count). The molecule has 0 spiro atoms. The van der Waals surface area contributed by atoms with Crippen molar-refractivity contribution in [3.8, 4) is 35.0 Å². The van der Waals surface area contributed by atoms with Crippen molar-refractivity contribution < 1.29 is 4.74 Å². The molecule has 2 aromatic carbocycles. The molecule has 1 aromatic heterocycles. The summed E-state index contributed by atoms with van der Waals surface area (Å²) in [7, 11) is 0. The number of benzene rings is 2. The van der Waals surface area contributed by atoms with Crippen LogP contribution in [-0.4, -0.2) is 27.1 Å². The summed E-state index contributed by atoms with van der Waals surface area (Å²) < 4.78 is 7.57. The van der Waals surface area contributed by atoms with Gasteiger partial charge in [-0.1, -0.05) is 35.5 Å². The second-order valence-electron chi connectivity index (χ2n) is 6.77. The number of thioether (sulfide) groups is 1. The first-order valence-corrected chi connectivity index (χ1v) is 10.8. The molecule has 0 fully saturated rings. The fourth-order valence-corrected chi connectivity index (χ4v) is 4.04. The summed E-state index contributed by atoms with van der Waals surface area (Å²) in [4.78, 5) is 0. The van der Waals surface area contributed by atoms with E-state index in [2.05, 4.69) is 28.4 Å². The van der Waals surface area contributed by atoms with Gasteiger partial charge in [-0.15, -0.1) is 10.2 Å². The maximum atomic E-state index is 9.38. The van der Waals surface area contributed by atoms with E-state index in [0.717, 1.165) is 28.4 Å². The molecule has 0 saturated carbocycles. The Bertz CT molecular complexity index is 1060. The first-order chi connectivity index (χ1) is 14.7. The predicted octanol–water partition coefficient (Wildman–Crippen LogP) is 5.18. The molecule has 6 nitrogen and oxygen atoms in total. The van der Waals surface area contributed by atoms with Crippen LogP contribution in [0.2, 0.25) is 0 Å². The fourth-order valence-electron chi connectivity index (χ4n) is 3.02. The number of nitrogens with zero attached hydrogens (tertiary/aromatic N) is 5. The van der Waals surface area contributed by atoms with Gasteiger partial charge in [0.15, 0.2) is 11.0 Å². The third-order valence-corrected chi connectivity index (χ3v) is 5.61. The summed E-state index contributed by atoms with van der Waals surface area (Å²) in [5.74, 6) is 1.90. The Morgan fingerprint density at radius 2 is 1.93 bits per heavy atom. The van der Waals surface area contributed by atoms with Crippen LogP contribution in [0.25, 0.3) is 17.1 Å². The Labute approximate surface area is 181 Å².